The van der Waals surface area contributed by atoms with E-state index in [-0.39, 0.29) is 11.2 Å². The predicted molar refractivity (Wildman–Crippen MR) is 108 cm³/mol. The number of carbonyl (C=O) groups is 1. The minimum atomic E-state index is -0.355. The number of hydrogen-bond donors (Lipinski definition) is 1. The Labute approximate surface area is 165 Å². The SMILES string of the molecule is C=CCn1c(Cc2ccccc2)nnc1S[C@H](C)C(=O)Nc1nnc(C)s1. The summed E-state index contributed by atoms with van der Waals surface area (Å²) in [6, 6.07) is 10.1. The van der Waals surface area contributed by atoms with E-state index < -0.39 is 0 Å². The van der Waals surface area contributed by atoms with Crippen molar-refractivity contribution in [3.05, 3.63) is 59.4 Å². The van der Waals surface area contributed by atoms with Gasteiger partial charge in [-0.1, -0.05) is 59.5 Å². The number of aromatic nitrogens is 5. The van der Waals surface area contributed by atoms with Crippen molar-refractivity contribution in [2.75, 3.05) is 5.32 Å². The molecule has 0 spiro atoms. The molecule has 2 heterocycles. The molecule has 3 rings (SSSR count). The second kappa shape index (κ2) is 8.92. The van der Waals surface area contributed by atoms with Crippen molar-refractivity contribution in [2.45, 2.75) is 37.2 Å². The van der Waals surface area contributed by atoms with Crippen molar-refractivity contribution >= 4 is 34.1 Å². The molecular weight excluding hydrogens is 380 g/mol. The molecule has 0 saturated carbocycles. The standard InChI is InChI=1S/C18H20N6OS2/c1-4-10-24-15(11-14-8-6-5-7-9-14)21-23-18(24)26-12(2)16(25)19-17-22-20-13(3)27-17/h4-9,12H,1,10-11H2,2-3H3,(H,19,22,25)/t12-/m1/s1. The Morgan fingerprint density at radius 1 is 1.30 bits per heavy atom. The summed E-state index contributed by atoms with van der Waals surface area (Å²) in [4.78, 5) is 12.4. The molecule has 27 heavy (non-hydrogen) atoms. The first kappa shape index (κ1) is 19.2. The van der Waals surface area contributed by atoms with E-state index in [1.54, 1.807) is 6.08 Å². The van der Waals surface area contributed by atoms with Crippen LogP contribution in [0.25, 0.3) is 0 Å². The van der Waals surface area contributed by atoms with Gasteiger partial charge < -0.3 is 4.57 Å². The summed E-state index contributed by atoms with van der Waals surface area (Å²) in [5, 5.41) is 20.9. The van der Waals surface area contributed by atoms with Crippen LogP contribution in [0.15, 0.2) is 48.1 Å². The van der Waals surface area contributed by atoms with Crippen LogP contribution < -0.4 is 5.32 Å². The monoisotopic (exact) mass is 400 g/mol. The van der Waals surface area contributed by atoms with Crippen LogP contribution in [0.4, 0.5) is 5.13 Å². The van der Waals surface area contributed by atoms with Crippen LogP contribution in [0.3, 0.4) is 0 Å². The Kier molecular flexibility index (Phi) is 6.36. The number of amides is 1. The molecule has 0 bridgehead atoms. The van der Waals surface area contributed by atoms with Crippen molar-refractivity contribution in [1.82, 2.24) is 25.0 Å². The summed E-state index contributed by atoms with van der Waals surface area (Å²) >= 11 is 2.71. The molecule has 3 aromatic rings. The van der Waals surface area contributed by atoms with Crippen LogP contribution in [0.5, 0.6) is 0 Å². The highest BCUT2D eigenvalue weighted by molar-refractivity contribution is 8.00. The molecule has 1 atom stereocenters. The van der Waals surface area contributed by atoms with E-state index in [2.05, 4.69) is 44.4 Å². The predicted octanol–water partition coefficient (Wildman–Crippen LogP) is 3.33. The van der Waals surface area contributed by atoms with Crippen molar-refractivity contribution < 1.29 is 4.79 Å². The summed E-state index contributed by atoms with van der Waals surface area (Å²) < 4.78 is 1.99. The highest BCUT2D eigenvalue weighted by atomic mass is 32.2. The Hall–Kier alpha value is -2.52. The van der Waals surface area contributed by atoms with Gasteiger partial charge in [0, 0.05) is 13.0 Å². The minimum absolute atomic E-state index is 0.145. The molecule has 7 nitrogen and oxygen atoms in total. The van der Waals surface area contributed by atoms with Gasteiger partial charge in [-0.15, -0.1) is 27.0 Å². The second-order valence-electron chi connectivity index (χ2n) is 5.84. The number of carbonyl (C=O) groups excluding carboxylic acids is 1. The fourth-order valence-corrected chi connectivity index (χ4v) is 3.87. The fourth-order valence-electron chi connectivity index (χ4n) is 2.39. The van der Waals surface area contributed by atoms with E-state index in [1.807, 2.05) is 36.6 Å². The maximum absolute atomic E-state index is 12.4. The normalized spacial score (nSPS) is 11.9. The number of aryl methyl sites for hydroxylation is 1. The molecule has 0 aliphatic heterocycles. The largest absolute Gasteiger partial charge is 0.302 e. The Morgan fingerprint density at radius 2 is 2.07 bits per heavy atom. The minimum Gasteiger partial charge on any atom is -0.302 e. The third-order valence-electron chi connectivity index (χ3n) is 3.72. The first-order chi connectivity index (χ1) is 13.1. The van der Waals surface area contributed by atoms with Gasteiger partial charge in [0.15, 0.2) is 5.16 Å². The van der Waals surface area contributed by atoms with Crippen molar-refractivity contribution in [3.63, 3.8) is 0 Å². The van der Waals surface area contributed by atoms with Crippen LogP contribution in [-0.4, -0.2) is 36.1 Å². The van der Waals surface area contributed by atoms with E-state index in [4.69, 9.17) is 0 Å². The Morgan fingerprint density at radius 3 is 2.74 bits per heavy atom. The lowest BCUT2D eigenvalue weighted by Crippen LogP contribution is -2.23. The molecule has 0 aliphatic carbocycles. The summed E-state index contributed by atoms with van der Waals surface area (Å²) in [5.41, 5.74) is 1.16. The molecule has 0 radical (unpaired) electrons. The molecule has 0 unspecified atom stereocenters. The van der Waals surface area contributed by atoms with E-state index in [9.17, 15) is 4.79 Å². The lowest BCUT2D eigenvalue weighted by Gasteiger charge is -2.11. The van der Waals surface area contributed by atoms with Gasteiger partial charge in [0.1, 0.15) is 10.8 Å². The van der Waals surface area contributed by atoms with Crippen LogP contribution >= 0.6 is 23.1 Å². The van der Waals surface area contributed by atoms with Gasteiger partial charge >= 0.3 is 0 Å². The Bertz CT molecular complexity index is 921. The van der Waals surface area contributed by atoms with E-state index >= 15 is 0 Å². The van der Waals surface area contributed by atoms with E-state index in [1.165, 1.54) is 23.1 Å². The van der Waals surface area contributed by atoms with Crippen LogP contribution in [0, 0.1) is 6.92 Å². The third-order valence-corrected chi connectivity index (χ3v) is 5.55. The molecule has 0 saturated heterocycles. The first-order valence-corrected chi connectivity index (χ1v) is 10.1. The van der Waals surface area contributed by atoms with E-state index in [0.29, 0.717) is 23.3 Å². The zero-order chi connectivity index (χ0) is 19.2. The highest BCUT2D eigenvalue weighted by Gasteiger charge is 2.21. The smallest absolute Gasteiger partial charge is 0.239 e. The maximum atomic E-state index is 12.4. The lowest BCUT2D eigenvalue weighted by molar-refractivity contribution is -0.115. The highest BCUT2D eigenvalue weighted by Crippen LogP contribution is 2.25. The molecule has 9 heteroatoms. The average molecular weight is 401 g/mol. The number of hydrogen-bond acceptors (Lipinski definition) is 7. The zero-order valence-corrected chi connectivity index (χ0v) is 16.8. The number of rotatable bonds is 8. The number of allylic oxidation sites excluding steroid dienone is 1. The molecule has 1 N–H and O–H groups in total. The van der Waals surface area contributed by atoms with Crippen molar-refractivity contribution in [3.8, 4) is 0 Å². The van der Waals surface area contributed by atoms with Gasteiger partial charge in [-0.3, -0.25) is 10.1 Å². The van der Waals surface area contributed by atoms with Gasteiger partial charge in [0.2, 0.25) is 11.0 Å². The number of anilines is 1. The van der Waals surface area contributed by atoms with Crippen molar-refractivity contribution in [1.29, 1.82) is 0 Å². The van der Waals surface area contributed by atoms with Crippen molar-refractivity contribution in [2.24, 2.45) is 0 Å². The van der Waals surface area contributed by atoms with E-state index in [0.717, 1.165) is 16.4 Å². The van der Waals surface area contributed by atoms with Gasteiger partial charge in [-0.05, 0) is 19.4 Å². The summed E-state index contributed by atoms with van der Waals surface area (Å²) in [6.07, 6.45) is 2.48. The molecule has 0 fully saturated rings. The number of nitrogens with zero attached hydrogens (tertiary/aromatic N) is 5. The molecule has 0 aliphatic rings. The third kappa shape index (κ3) is 5.01. The molecule has 1 amide bonds. The fraction of sp³-hybridized carbons (Fsp3) is 0.278. The molecule has 1 aromatic carbocycles. The zero-order valence-electron chi connectivity index (χ0n) is 15.1. The second-order valence-corrected chi connectivity index (χ2v) is 8.33. The maximum Gasteiger partial charge on any atom is 0.239 e. The van der Waals surface area contributed by atoms with Gasteiger partial charge in [-0.25, -0.2) is 0 Å². The lowest BCUT2D eigenvalue weighted by atomic mass is 10.1. The first-order valence-electron chi connectivity index (χ1n) is 8.41. The number of thioether (sulfide) groups is 1. The number of benzene rings is 1. The number of nitrogens with one attached hydrogen (secondary N) is 1. The van der Waals surface area contributed by atoms with Crippen LogP contribution in [0.1, 0.15) is 23.3 Å². The van der Waals surface area contributed by atoms with Crippen LogP contribution in [0.2, 0.25) is 0 Å². The summed E-state index contributed by atoms with van der Waals surface area (Å²) in [7, 11) is 0. The molecule has 140 valence electrons. The van der Waals surface area contributed by atoms with Gasteiger partial charge in [0.05, 0.1) is 5.25 Å². The summed E-state index contributed by atoms with van der Waals surface area (Å²) in [6.45, 7) is 8.08. The topological polar surface area (TPSA) is 85.6 Å². The molecule has 2 aromatic heterocycles. The average Bonchev–Trinajstić information content (AvgIpc) is 3.23. The summed E-state index contributed by atoms with van der Waals surface area (Å²) in [5.74, 6) is 0.699. The Balaban J connectivity index is 1.71. The van der Waals surface area contributed by atoms with Crippen LogP contribution in [-0.2, 0) is 17.8 Å². The quantitative estimate of drug-likeness (QED) is 0.461. The van der Waals surface area contributed by atoms with Gasteiger partial charge in [0.25, 0.3) is 0 Å². The molecular formula is C18H20N6OS2. The van der Waals surface area contributed by atoms with Gasteiger partial charge in [-0.2, -0.15) is 0 Å².